The number of hydrogen-bond donors (Lipinski definition) is 3. The molecule has 0 aliphatic rings. The van der Waals surface area contributed by atoms with Crippen LogP contribution < -0.4 is 16.8 Å². The smallest absolute Gasteiger partial charge is 0.252 e. The molecule has 18 heavy (non-hydrogen) atoms. The zero-order valence-electron chi connectivity index (χ0n) is 9.88. The van der Waals surface area contributed by atoms with Gasteiger partial charge in [0.25, 0.3) is 5.91 Å². The number of halogens is 2. The van der Waals surface area contributed by atoms with E-state index in [1.807, 2.05) is 0 Å². The van der Waals surface area contributed by atoms with Crippen LogP contribution >= 0.6 is 0 Å². The van der Waals surface area contributed by atoms with Crippen LogP contribution in [0.4, 0.5) is 14.5 Å². The van der Waals surface area contributed by atoms with Gasteiger partial charge in [0.15, 0.2) is 0 Å². The minimum Gasteiger partial charge on any atom is -0.394 e. The molecule has 0 aromatic heterocycles. The summed E-state index contributed by atoms with van der Waals surface area (Å²) in [5.74, 6) is -3.68. The van der Waals surface area contributed by atoms with E-state index in [0.29, 0.717) is 0 Å². The molecule has 1 aromatic rings. The average Bonchev–Trinajstić information content (AvgIpc) is 2.24. The summed E-state index contributed by atoms with van der Waals surface area (Å²) in [6, 6.07) is 1.57. The van der Waals surface area contributed by atoms with E-state index in [1.54, 1.807) is 0 Å². The molecule has 0 fully saturated rings. The van der Waals surface area contributed by atoms with E-state index in [9.17, 15) is 18.4 Å². The predicted octanol–water partition coefficient (Wildman–Crippen LogP) is 0.541. The number of carbonyl (C=O) groups excluding carboxylic acids is 2. The normalized spacial score (nSPS) is 11.1. The Morgan fingerprint density at radius 1 is 1.22 bits per heavy atom. The van der Waals surface area contributed by atoms with Gasteiger partial charge in [-0.25, -0.2) is 8.78 Å². The Morgan fingerprint density at radius 2 is 1.67 bits per heavy atom. The molecule has 0 atom stereocenters. The summed E-state index contributed by atoms with van der Waals surface area (Å²) in [6.07, 6.45) is 0. The molecule has 0 saturated heterocycles. The van der Waals surface area contributed by atoms with Crippen molar-refractivity contribution in [3.63, 3.8) is 0 Å². The summed E-state index contributed by atoms with van der Waals surface area (Å²) in [7, 11) is 0. The third-order valence-corrected chi connectivity index (χ3v) is 2.38. The third kappa shape index (κ3) is 2.73. The molecule has 7 heteroatoms. The van der Waals surface area contributed by atoms with E-state index < -0.39 is 34.7 Å². The number of nitrogen functional groups attached to an aromatic ring is 1. The number of benzene rings is 1. The number of nitrogens with two attached hydrogens (primary N) is 2. The van der Waals surface area contributed by atoms with Crippen molar-refractivity contribution in [2.75, 3.05) is 5.73 Å². The quantitative estimate of drug-likeness (QED) is 0.689. The van der Waals surface area contributed by atoms with Gasteiger partial charge in [-0.05, 0) is 26.0 Å². The highest BCUT2D eigenvalue weighted by molar-refractivity contribution is 5.98. The van der Waals surface area contributed by atoms with E-state index in [2.05, 4.69) is 5.32 Å². The molecule has 5 N–H and O–H groups in total. The summed E-state index contributed by atoms with van der Waals surface area (Å²) in [4.78, 5) is 22.7. The molecule has 0 bridgehead atoms. The van der Waals surface area contributed by atoms with Crippen LogP contribution in [0, 0.1) is 11.6 Å². The largest absolute Gasteiger partial charge is 0.394 e. The lowest BCUT2D eigenvalue weighted by atomic mass is 10.0. The summed E-state index contributed by atoms with van der Waals surface area (Å²) >= 11 is 0. The molecule has 0 saturated carbocycles. The van der Waals surface area contributed by atoms with Crippen molar-refractivity contribution < 1.29 is 18.4 Å². The maximum Gasteiger partial charge on any atom is 0.252 e. The van der Waals surface area contributed by atoms with Crippen molar-refractivity contribution in [2.24, 2.45) is 5.73 Å². The van der Waals surface area contributed by atoms with Crippen LogP contribution in [0.25, 0.3) is 0 Å². The molecule has 1 aromatic carbocycles. The number of anilines is 1. The molecule has 0 aliphatic carbocycles. The second-order valence-electron chi connectivity index (χ2n) is 4.30. The van der Waals surface area contributed by atoms with Gasteiger partial charge in [-0.1, -0.05) is 0 Å². The molecular weight excluding hydrogens is 244 g/mol. The lowest BCUT2D eigenvalue weighted by Gasteiger charge is -2.22. The number of primary amides is 1. The van der Waals surface area contributed by atoms with Gasteiger partial charge in [0, 0.05) is 5.56 Å². The molecule has 0 spiro atoms. The fraction of sp³-hybridized carbons (Fsp3) is 0.273. The van der Waals surface area contributed by atoms with Gasteiger partial charge < -0.3 is 16.8 Å². The summed E-state index contributed by atoms with van der Waals surface area (Å²) < 4.78 is 26.3. The van der Waals surface area contributed by atoms with Gasteiger partial charge in [0.1, 0.15) is 22.9 Å². The van der Waals surface area contributed by atoms with E-state index in [1.165, 1.54) is 13.8 Å². The first-order chi connectivity index (χ1) is 8.15. The van der Waals surface area contributed by atoms with Crippen molar-refractivity contribution in [3.05, 3.63) is 29.3 Å². The Labute approximate surface area is 102 Å². The molecule has 0 unspecified atom stereocenters. The Kier molecular flexibility index (Phi) is 3.54. The highest BCUT2D eigenvalue weighted by Crippen LogP contribution is 2.17. The SMILES string of the molecule is CC(C)(NC(=O)c1cc(F)c(N)c(F)c1)C(N)=O. The standard InChI is InChI=1S/C11H13F2N3O2/c1-11(2,10(15)18)16-9(17)5-3-6(12)8(14)7(13)4-5/h3-4H,14H2,1-2H3,(H2,15,18)(H,16,17). The van der Waals surface area contributed by atoms with E-state index in [4.69, 9.17) is 11.5 Å². The van der Waals surface area contributed by atoms with Crippen molar-refractivity contribution in [1.82, 2.24) is 5.32 Å². The minimum atomic E-state index is -1.33. The van der Waals surface area contributed by atoms with E-state index in [-0.39, 0.29) is 5.56 Å². The van der Waals surface area contributed by atoms with Gasteiger partial charge in [0.2, 0.25) is 5.91 Å². The van der Waals surface area contributed by atoms with Gasteiger partial charge in [-0.15, -0.1) is 0 Å². The second kappa shape index (κ2) is 4.59. The number of rotatable bonds is 3. The van der Waals surface area contributed by atoms with Gasteiger partial charge in [-0.2, -0.15) is 0 Å². The first-order valence-electron chi connectivity index (χ1n) is 5.02. The second-order valence-corrected chi connectivity index (χ2v) is 4.30. The van der Waals surface area contributed by atoms with Crippen molar-refractivity contribution in [1.29, 1.82) is 0 Å². The first kappa shape index (κ1) is 13.9. The molecule has 0 heterocycles. The van der Waals surface area contributed by atoms with E-state index >= 15 is 0 Å². The minimum absolute atomic E-state index is 0.284. The summed E-state index contributed by atoms with van der Waals surface area (Å²) in [6.45, 7) is 2.74. The van der Waals surface area contributed by atoms with Crippen molar-refractivity contribution in [3.8, 4) is 0 Å². The van der Waals surface area contributed by atoms with Gasteiger partial charge >= 0.3 is 0 Å². The van der Waals surface area contributed by atoms with Crippen LogP contribution in [0.1, 0.15) is 24.2 Å². The molecule has 0 aliphatic heterocycles. The molecule has 1 rings (SSSR count). The topological polar surface area (TPSA) is 98.2 Å². The number of carbonyl (C=O) groups is 2. The molecule has 2 amide bonds. The zero-order valence-corrected chi connectivity index (χ0v) is 9.88. The number of hydrogen-bond acceptors (Lipinski definition) is 3. The molecule has 0 radical (unpaired) electrons. The Bertz CT molecular complexity index is 492. The number of nitrogens with one attached hydrogen (secondary N) is 1. The van der Waals surface area contributed by atoms with Crippen LogP contribution in [-0.2, 0) is 4.79 Å². The number of amides is 2. The fourth-order valence-corrected chi connectivity index (χ4v) is 1.13. The van der Waals surface area contributed by atoms with E-state index in [0.717, 1.165) is 12.1 Å². The highest BCUT2D eigenvalue weighted by atomic mass is 19.1. The Balaban J connectivity index is 3.03. The Morgan fingerprint density at radius 3 is 2.06 bits per heavy atom. The van der Waals surface area contributed by atoms with Gasteiger partial charge in [-0.3, -0.25) is 9.59 Å². The molecular formula is C11H13F2N3O2. The van der Waals surface area contributed by atoms with Gasteiger partial charge in [0.05, 0.1) is 0 Å². The lowest BCUT2D eigenvalue weighted by Crippen LogP contribution is -2.53. The average molecular weight is 257 g/mol. The first-order valence-corrected chi connectivity index (χ1v) is 5.02. The summed E-state index contributed by atoms with van der Waals surface area (Å²) in [5, 5.41) is 2.26. The zero-order chi connectivity index (χ0) is 14.1. The maximum atomic E-state index is 13.2. The third-order valence-electron chi connectivity index (χ3n) is 2.38. The molecule has 98 valence electrons. The highest BCUT2D eigenvalue weighted by Gasteiger charge is 2.27. The molecule has 5 nitrogen and oxygen atoms in total. The Hall–Kier alpha value is -2.18. The van der Waals surface area contributed by atoms with Crippen LogP contribution in [0.15, 0.2) is 12.1 Å². The van der Waals surface area contributed by atoms with Crippen molar-refractivity contribution >= 4 is 17.5 Å². The predicted molar refractivity (Wildman–Crippen MR) is 61.5 cm³/mol. The van der Waals surface area contributed by atoms with Crippen LogP contribution in [0.2, 0.25) is 0 Å². The summed E-state index contributed by atoms with van der Waals surface area (Å²) in [5.41, 5.74) is 7.85. The van der Waals surface area contributed by atoms with Crippen LogP contribution in [-0.4, -0.2) is 17.4 Å². The fourth-order valence-electron chi connectivity index (χ4n) is 1.13. The van der Waals surface area contributed by atoms with Crippen molar-refractivity contribution in [2.45, 2.75) is 19.4 Å². The van der Waals surface area contributed by atoms with Crippen LogP contribution in [0.3, 0.4) is 0 Å². The lowest BCUT2D eigenvalue weighted by molar-refractivity contribution is -0.122. The van der Waals surface area contributed by atoms with Crippen LogP contribution in [0.5, 0.6) is 0 Å². The monoisotopic (exact) mass is 257 g/mol. The maximum absolute atomic E-state index is 13.2.